The lowest BCUT2D eigenvalue weighted by Gasteiger charge is -2.17. The monoisotopic (exact) mass is 1100 g/mol. The molecule has 0 amide bonds. The van der Waals surface area contributed by atoms with E-state index >= 15 is 0 Å². The molecule has 11 rings (SSSR count). The van der Waals surface area contributed by atoms with Gasteiger partial charge >= 0.3 is 0 Å². The zero-order valence-electron chi connectivity index (χ0n) is 46.2. The first-order valence-electron chi connectivity index (χ1n) is 27.2. The Kier molecular flexibility index (Phi) is 19.9. The number of nitrogens with zero attached hydrogens (tertiary/aromatic N) is 2. The van der Waals surface area contributed by atoms with Gasteiger partial charge in [-0.15, -0.1) is 0 Å². The van der Waals surface area contributed by atoms with Crippen molar-refractivity contribution in [2.75, 3.05) is 87.1 Å². The minimum absolute atomic E-state index is 0.00286. The smallest absolute Gasteiger partial charge is 0.182 e. The summed E-state index contributed by atoms with van der Waals surface area (Å²) in [5.74, 6) is 7.25. The third-order valence-corrected chi connectivity index (χ3v) is 13.8. The molecule has 0 saturated carbocycles. The fraction of sp³-hybridized carbons (Fsp3) is 0.292. The van der Waals surface area contributed by atoms with Crippen molar-refractivity contribution >= 4 is 43.6 Å². The van der Waals surface area contributed by atoms with Crippen LogP contribution in [0.1, 0.15) is 19.3 Å². The number of aromatic amines is 2. The van der Waals surface area contributed by atoms with Gasteiger partial charge in [-0.3, -0.25) is 0 Å². The molecule has 2 aliphatic heterocycles. The van der Waals surface area contributed by atoms with E-state index in [0.717, 1.165) is 96.7 Å². The fourth-order valence-corrected chi connectivity index (χ4v) is 9.76. The Hall–Kier alpha value is -8.86. The van der Waals surface area contributed by atoms with Crippen molar-refractivity contribution in [3.63, 3.8) is 0 Å². The van der Waals surface area contributed by atoms with Crippen LogP contribution >= 0.6 is 0 Å². The number of rotatable bonds is 24. The second-order valence-corrected chi connectivity index (χ2v) is 19.3. The molecule has 2 saturated heterocycles. The maximum atomic E-state index is 10.4. The maximum Gasteiger partial charge on any atom is 0.182 e. The van der Waals surface area contributed by atoms with Crippen molar-refractivity contribution in [2.24, 2.45) is 0 Å². The van der Waals surface area contributed by atoms with Crippen molar-refractivity contribution in [2.45, 2.75) is 37.6 Å². The van der Waals surface area contributed by atoms with E-state index in [9.17, 15) is 5.11 Å². The summed E-state index contributed by atoms with van der Waals surface area (Å²) >= 11 is 0. The first kappa shape index (κ1) is 56.8. The highest BCUT2D eigenvalue weighted by atomic mass is 16.6. The lowest BCUT2D eigenvalue weighted by Crippen LogP contribution is -2.28. The van der Waals surface area contributed by atoms with Crippen LogP contribution in [-0.2, 0) is 9.47 Å². The number of fused-ring (bicyclic) bond motifs is 6. The topological polar surface area (TPSA) is 171 Å². The SMILES string of the molecule is C=C1OC(CO)CN1CCOc1ccccc1OC.C=C1OC(COc2cccc3[nH]c4ccccc4c23)CN1CCOc1ccccc1OC.COc1ccccc1OCCCCC(O)COc1cccc2[nH]c3ccccc3c12. The molecule has 0 bridgehead atoms. The molecule has 2 fully saturated rings. The quantitative estimate of drug-likeness (QED) is 0.0421. The standard InChI is InChI=1S/C26H26N2O4.C25H27NO4.C14H19NO4/c1-18-28(14-15-30-24-12-6-5-11-23(24)29-2)16-19(32-18)17-31-25-13-7-10-22-26(25)20-8-3-4-9-21(20)27-22;1-28-22-13-4-5-14-23(22)29-16-7-6-9-18(27)17-30-24-15-8-12-21-25(24)19-10-2-3-11-20(19)26-21;1-11-15(9-12(10-16)19-11)7-8-18-14-6-4-3-5-13(14)17-2/h3-13,19,27H,1,14-17H2,2H3;2-5,8,10-15,18,26-27H,6-7,9,16-17H2,1H3;3-6,12,16H,1,7-10H2,2H3. The molecule has 4 N–H and O–H groups in total. The molecule has 424 valence electrons. The number of hydrogen-bond donors (Lipinski definition) is 4. The number of aliphatic hydroxyl groups excluding tert-OH is 2. The molecule has 16 nitrogen and oxygen atoms in total. The fourth-order valence-electron chi connectivity index (χ4n) is 9.76. The van der Waals surface area contributed by atoms with Gasteiger partial charge in [-0.2, -0.15) is 0 Å². The molecule has 4 heterocycles. The van der Waals surface area contributed by atoms with Gasteiger partial charge in [0.15, 0.2) is 52.4 Å². The number of aliphatic hydroxyl groups is 2. The van der Waals surface area contributed by atoms with Gasteiger partial charge in [0.2, 0.25) is 0 Å². The van der Waals surface area contributed by atoms with E-state index in [1.54, 1.807) is 21.3 Å². The van der Waals surface area contributed by atoms with Gasteiger partial charge in [0.05, 0.1) is 77.9 Å². The molecule has 9 aromatic rings. The van der Waals surface area contributed by atoms with Gasteiger partial charge in [-0.1, -0.05) is 84.9 Å². The first-order valence-corrected chi connectivity index (χ1v) is 27.2. The van der Waals surface area contributed by atoms with E-state index in [1.165, 1.54) is 0 Å². The Morgan fingerprint density at radius 1 is 0.481 bits per heavy atom. The zero-order valence-corrected chi connectivity index (χ0v) is 46.2. The van der Waals surface area contributed by atoms with Crippen molar-refractivity contribution in [1.82, 2.24) is 19.8 Å². The molecule has 7 aromatic carbocycles. The van der Waals surface area contributed by atoms with E-state index in [-0.39, 0.29) is 25.4 Å². The predicted molar refractivity (Wildman–Crippen MR) is 316 cm³/mol. The third-order valence-electron chi connectivity index (χ3n) is 13.8. The minimum Gasteiger partial charge on any atom is -0.493 e. The predicted octanol–water partition coefficient (Wildman–Crippen LogP) is 11.5. The highest BCUT2D eigenvalue weighted by Gasteiger charge is 2.28. The van der Waals surface area contributed by atoms with Crippen LogP contribution in [0.5, 0.6) is 46.0 Å². The molecule has 16 heteroatoms. The Morgan fingerprint density at radius 2 is 0.889 bits per heavy atom. The number of methoxy groups -OCH3 is 3. The van der Waals surface area contributed by atoms with Crippen molar-refractivity contribution in [3.05, 3.63) is 183 Å². The second-order valence-electron chi connectivity index (χ2n) is 19.3. The number of unbranched alkanes of at least 4 members (excludes halogenated alkanes) is 1. The lowest BCUT2D eigenvalue weighted by molar-refractivity contribution is 0.0971. The molecule has 3 atom stereocenters. The van der Waals surface area contributed by atoms with Gasteiger partial charge in [-0.05, 0) is 105 Å². The minimum atomic E-state index is -0.517. The van der Waals surface area contributed by atoms with E-state index in [2.05, 4.69) is 58.4 Å². The zero-order chi connectivity index (χ0) is 56.3. The molecule has 2 aromatic heterocycles. The van der Waals surface area contributed by atoms with Gasteiger partial charge in [0.1, 0.15) is 44.0 Å². The summed E-state index contributed by atoms with van der Waals surface area (Å²) in [7, 11) is 4.89. The van der Waals surface area contributed by atoms with Gasteiger partial charge in [-0.25, -0.2) is 0 Å². The van der Waals surface area contributed by atoms with Crippen LogP contribution in [0.4, 0.5) is 0 Å². The molecule has 0 radical (unpaired) electrons. The van der Waals surface area contributed by atoms with E-state index < -0.39 is 6.10 Å². The van der Waals surface area contributed by atoms with E-state index in [0.29, 0.717) is 76.5 Å². The molecule has 3 unspecified atom stereocenters. The molecule has 0 aliphatic carbocycles. The average molecular weight is 1100 g/mol. The Bertz CT molecular complexity index is 3470. The Morgan fingerprint density at radius 3 is 1.37 bits per heavy atom. The molecule has 2 aliphatic rings. The summed E-state index contributed by atoms with van der Waals surface area (Å²) in [6.45, 7) is 12.8. The van der Waals surface area contributed by atoms with E-state index in [1.807, 2.05) is 132 Å². The summed E-state index contributed by atoms with van der Waals surface area (Å²) < 4.78 is 56.7. The Balaban J connectivity index is 0.000000152. The summed E-state index contributed by atoms with van der Waals surface area (Å²) in [4.78, 5) is 10.9. The number of hydrogen-bond acceptors (Lipinski definition) is 14. The van der Waals surface area contributed by atoms with Crippen LogP contribution in [0, 0.1) is 0 Å². The summed E-state index contributed by atoms with van der Waals surface area (Å²) in [5.41, 5.74) is 4.29. The van der Waals surface area contributed by atoms with Crippen LogP contribution in [-0.4, -0.2) is 135 Å². The number of benzene rings is 7. The van der Waals surface area contributed by atoms with Crippen molar-refractivity contribution in [1.29, 1.82) is 0 Å². The highest BCUT2D eigenvalue weighted by molar-refractivity contribution is 6.11. The van der Waals surface area contributed by atoms with Crippen molar-refractivity contribution in [3.8, 4) is 46.0 Å². The Labute approximate surface area is 472 Å². The summed E-state index contributed by atoms with van der Waals surface area (Å²) in [5, 5.41) is 23.8. The number of aromatic nitrogens is 2. The number of para-hydroxylation sites is 8. The second kappa shape index (κ2) is 28.3. The van der Waals surface area contributed by atoms with Crippen molar-refractivity contribution < 1.29 is 57.6 Å². The molecule has 0 spiro atoms. The largest absolute Gasteiger partial charge is 0.493 e. The average Bonchev–Trinajstić information content (AvgIpc) is 4.30. The third kappa shape index (κ3) is 14.7. The molecular weight excluding hydrogens is 1030 g/mol. The van der Waals surface area contributed by atoms with Gasteiger partial charge < -0.3 is 77.3 Å². The molecule has 81 heavy (non-hydrogen) atoms. The summed E-state index contributed by atoms with van der Waals surface area (Å²) in [6, 6.07) is 51.2. The van der Waals surface area contributed by atoms with Crippen LogP contribution in [0.2, 0.25) is 0 Å². The van der Waals surface area contributed by atoms with Gasteiger partial charge in [0, 0.05) is 32.6 Å². The van der Waals surface area contributed by atoms with Crippen LogP contribution in [0.25, 0.3) is 43.6 Å². The normalized spacial score (nSPS) is 15.1. The van der Waals surface area contributed by atoms with Crippen LogP contribution < -0.4 is 37.9 Å². The number of nitrogens with one attached hydrogen (secondary N) is 2. The first-order chi connectivity index (χ1) is 39.7. The van der Waals surface area contributed by atoms with Crippen LogP contribution in [0.15, 0.2) is 183 Å². The van der Waals surface area contributed by atoms with E-state index in [4.69, 9.17) is 52.5 Å². The number of ether oxygens (including phenoxy) is 10. The lowest BCUT2D eigenvalue weighted by atomic mass is 10.1. The molecular formula is C65H72N4O12. The number of H-pyrrole nitrogens is 2. The summed E-state index contributed by atoms with van der Waals surface area (Å²) in [6.07, 6.45) is 1.59. The maximum absolute atomic E-state index is 10.4. The van der Waals surface area contributed by atoms with Crippen LogP contribution in [0.3, 0.4) is 0 Å². The van der Waals surface area contributed by atoms with Gasteiger partial charge in [0.25, 0.3) is 0 Å². The highest BCUT2D eigenvalue weighted by Crippen LogP contribution is 2.36.